The predicted molar refractivity (Wildman–Crippen MR) is 84.2 cm³/mol. The highest BCUT2D eigenvalue weighted by Crippen LogP contribution is 2.30. The number of hydrogen-bond donors (Lipinski definition) is 1. The van der Waals surface area contributed by atoms with Crippen molar-refractivity contribution in [2.24, 2.45) is 5.92 Å². The number of carbonyl (C=O) groups is 1. The molecule has 1 aromatic rings. The fraction of sp³-hybridized carbons (Fsp3) is 0.562. The van der Waals surface area contributed by atoms with Crippen LogP contribution in [0.3, 0.4) is 0 Å². The van der Waals surface area contributed by atoms with Gasteiger partial charge in [-0.3, -0.25) is 14.9 Å². The molecule has 1 N–H and O–H groups in total. The van der Waals surface area contributed by atoms with E-state index in [1.807, 2.05) is 0 Å². The van der Waals surface area contributed by atoms with Gasteiger partial charge in [-0.1, -0.05) is 6.92 Å². The summed E-state index contributed by atoms with van der Waals surface area (Å²) >= 11 is 0. The highest BCUT2D eigenvalue weighted by Gasteiger charge is 2.28. The first-order valence-corrected chi connectivity index (χ1v) is 7.89. The Morgan fingerprint density at radius 3 is 2.55 bits per heavy atom. The monoisotopic (exact) mass is 303 g/mol. The molecule has 1 saturated carbocycles. The van der Waals surface area contributed by atoms with E-state index in [0.29, 0.717) is 11.5 Å². The zero-order valence-corrected chi connectivity index (χ0v) is 12.7. The smallest absolute Gasteiger partial charge is 0.270 e. The number of benzene rings is 1. The fourth-order valence-electron chi connectivity index (χ4n) is 2.84. The van der Waals surface area contributed by atoms with E-state index >= 15 is 0 Å². The van der Waals surface area contributed by atoms with Crippen LogP contribution in [0.25, 0.3) is 0 Å². The number of rotatable bonds is 4. The van der Waals surface area contributed by atoms with Gasteiger partial charge in [-0.25, -0.2) is 0 Å². The third-order valence-corrected chi connectivity index (χ3v) is 4.47. The van der Waals surface area contributed by atoms with E-state index in [1.54, 1.807) is 6.07 Å². The van der Waals surface area contributed by atoms with E-state index in [1.165, 1.54) is 12.1 Å². The van der Waals surface area contributed by atoms with Gasteiger partial charge in [0.15, 0.2) is 0 Å². The Labute approximate surface area is 129 Å². The molecule has 1 heterocycles. The number of piperidine rings is 1. The number of hydrogen-bond acceptors (Lipinski definition) is 4. The summed E-state index contributed by atoms with van der Waals surface area (Å²) in [5.41, 5.74) is 1.21. The third kappa shape index (κ3) is 3.21. The van der Waals surface area contributed by atoms with E-state index < -0.39 is 4.92 Å². The highest BCUT2D eigenvalue weighted by molar-refractivity contribution is 6.00. The molecule has 0 atom stereocenters. The lowest BCUT2D eigenvalue weighted by atomic mass is 9.98. The van der Waals surface area contributed by atoms with Gasteiger partial charge in [0.25, 0.3) is 11.6 Å². The molecule has 6 nitrogen and oxygen atoms in total. The molecule has 0 unspecified atom stereocenters. The van der Waals surface area contributed by atoms with Crippen molar-refractivity contribution in [1.29, 1.82) is 0 Å². The van der Waals surface area contributed by atoms with Gasteiger partial charge < -0.3 is 10.2 Å². The summed E-state index contributed by atoms with van der Waals surface area (Å²) < 4.78 is 0. The summed E-state index contributed by atoms with van der Waals surface area (Å²) in [5.74, 6) is 0.498. The molecule has 1 aliphatic carbocycles. The molecule has 0 bridgehead atoms. The molecule has 0 aromatic heterocycles. The number of nitro groups is 1. The largest absolute Gasteiger partial charge is 0.371 e. The first-order valence-electron chi connectivity index (χ1n) is 7.89. The third-order valence-electron chi connectivity index (χ3n) is 4.47. The van der Waals surface area contributed by atoms with E-state index in [4.69, 9.17) is 0 Å². The Morgan fingerprint density at radius 1 is 1.27 bits per heavy atom. The minimum Gasteiger partial charge on any atom is -0.371 e. The van der Waals surface area contributed by atoms with Crippen molar-refractivity contribution in [3.8, 4) is 0 Å². The Kier molecular flexibility index (Phi) is 4.00. The maximum absolute atomic E-state index is 12.4. The van der Waals surface area contributed by atoms with Gasteiger partial charge in [0.2, 0.25) is 0 Å². The van der Waals surface area contributed by atoms with Crippen molar-refractivity contribution >= 4 is 17.3 Å². The van der Waals surface area contributed by atoms with Crippen LogP contribution < -0.4 is 10.2 Å². The van der Waals surface area contributed by atoms with Crippen LogP contribution >= 0.6 is 0 Å². The SMILES string of the molecule is CC1CCN(c2ccc([N+](=O)[O-])cc2C(=O)NC2CC2)CC1. The molecule has 1 aromatic carbocycles. The van der Waals surface area contributed by atoms with Crippen LogP contribution in [0.5, 0.6) is 0 Å². The molecule has 2 aliphatic rings. The summed E-state index contributed by atoms with van der Waals surface area (Å²) in [6.45, 7) is 4.01. The Morgan fingerprint density at radius 2 is 1.95 bits per heavy atom. The Balaban J connectivity index is 1.89. The van der Waals surface area contributed by atoms with Gasteiger partial charge >= 0.3 is 0 Å². The number of carbonyl (C=O) groups excluding carboxylic acids is 1. The molecule has 22 heavy (non-hydrogen) atoms. The van der Waals surface area contributed by atoms with Crippen molar-refractivity contribution in [2.45, 2.75) is 38.6 Å². The molecule has 1 aliphatic heterocycles. The lowest BCUT2D eigenvalue weighted by molar-refractivity contribution is -0.384. The van der Waals surface area contributed by atoms with Crippen LogP contribution in [0.15, 0.2) is 18.2 Å². The zero-order valence-electron chi connectivity index (χ0n) is 12.7. The molecule has 3 rings (SSSR count). The van der Waals surface area contributed by atoms with Crippen LogP contribution in [-0.2, 0) is 0 Å². The second-order valence-electron chi connectivity index (χ2n) is 6.38. The van der Waals surface area contributed by atoms with Crippen LogP contribution in [-0.4, -0.2) is 30.0 Å². The van der Waals surface area contributed by atoms with E-state index in [0.717, 1.165) is 44.5 Å². The van der Waals surface area contributed by atoms with Crippen molar-refractivity contribution in [3.63, 3.8) is 0 Å². The fourth-order valence-corrected chi connectivity index (χ4v) is 2.84. The van der Waals surface area contributed by atoms with E-state index in [2.05, 4.69) is 17.1 Å². The minimum atomic E-state index is -0.448. The quantitative estimate of drug-likeness (QED) is 0.685. The maximum Gasteiger partial charge on any atom is 0.270 e. The molecule has 1 amide bonds. The molecular weight excluding hydrogens is 282 g/mol. The lowest BCUT2D eigenvalue weighted by Crippen LogP contribution is -2.35. The molecular formula is C16H21N3O3. The van der Waals surface area contributed by atoms with Crippen LogP contribution in [0.1, 0.15) is 43.0 Å². The molecule has 2 fully saturated rings. The van der Waals surface area contributed by atoms with Crippen molar-refractivity contribution in [1.82, 2.24) is 5.32 Å². The van der Waals surface area contributed by atoms with Crippen LogP contribution in [0.2, 0.25) is 0 Å². The molecule has 118 valence electrons. The number of nitro benzene ring substituents is 1. The number of nitrogens with zero attached hydrogens (tertiary/aromatic N) is 2. The van der Waals surface area contributed by atoms with Crippen molar-refractivity contribution in [3.05, 3.63) is 33.9 Å². The number of non-ortho nitro benzene ring substituents is 1. The lowest BCUT2D eigenvalue weighted by Gasteiger charge is -2.33. The van der Waals surface area contributed by atoms with Gasteiger partial charge in [0.05, 0.1) is 16.2 Å². The topological polar surface area (TPSA) is 75.5 Å². The van der Waals surface area contributed by atoms with Crippen LogP contribution in [0, 0.1) is 16.0 Å². The Bertz CT molecular complexity index is 590. The number of amides is 1. The highest BCUT2D eigenvalue weighted by atomic mass is 16.6. The van der Waals surface area contributed by atoms with Gasteiger partial charge in [0.1, 0.15) is 0 Å². The summed E-state index contributed by atoms with van der Waals surface area (Å²) in [5, 5.41) is 13.9. The summed E-state index contributed by atoms with van der Waals surface area (Å²) in [7, 11) is 0. The summed E-state index contributed by atoms with van der Waals surface area (Å²) in [4.78, 5) is 25.2. The molecule has 0 spiro atoms. The van der Waals surface area contributed by atoms with Crippen LogP contribution in [0.4, 0.5) is 11.4 Å². The average molecular weight is 303 g/mol. The van der Waals surface area contributed by atoms with Crippen molar-refractivity contribution in [2.75, 3.05) is 18.0 Å². The van der Waals surface area contributed by atoms with Gasteiger partial charge in [-0.05, 0) is 37.7 Å². The minimum absolute atomic E-state index is 0.0323. The average Bonchev–Trinajstić information content (AvgIpc) is 3.31. The maximum atomic E-state index is 12.4. The van der Waals surface area contributed by atoms with E-state index in [-0.39, 0.29) is 17.6 Å². The molecule has 6 heteroatoms. The predicted octanol–water partition coefficient (Wildman–Crippen LogP) is 2.72. The Hall–Kier alpha value is -2.11. The van der Waals surface area contributed by atoms with Gasteiger partial charge in [-0.15, -0.1) is 0 Å². The standard InChI is InChI=1S/C16H21N3O3/c1-11-6-8-18(9-7-11)15-5-4-13(19(21)22)10-14(15)16(20)17-12-2-3-12/h4-5,10-12H,2-3,6-9H2,1H3,(H,17,20). The van der Waals surface area contributed by atoms with E-state index in [9.17, 15) is 14.9 Å². The zero-order chi connectivity index (χ0) is 15.7. The molecule has 0 radical (unpaired) electrons. The second kappa shape index (κ2) is 5.94. The van der Waals surface area contributed by atoms with Gasteiger partial charge in [0, 0.05) is 31.3 Å². The molecule has 1 saturated heterocycles. The number of nitrogens with one attached hydrogen (secondary N) is 1. The van der Waals surface area contributed by atoms with Gasteiger partial charge in [-0.2, -0.15) is 0 Å². The number of anilines is 1. The normalized spacial score (nSPS) is 19.0. The van der Waals surface area contributed by atoms with Crippen molar-refractivity contribution < 1.29 is 9.72 Å². The first-order chi connectivity index (χ1) is 10.5. The summed E-state index contributed by atoms with van der Waals surface area (Å²) in [6, 6.07) is 4.85. The second-order valence-corrected chi connectivity index (χ2v) is 6.38. The first kappa shape index (κ1) is 14.8. The summed E-state index contributed by atoms with van der Waals surface area (Å²) in [6.07, 6.45) is 4.16.